The lowest BCUT2D eigenvalue weighted by atomic mass is 9.96. The lowest BCUT2D eigenvalue weighted by molar-refractivity contribution is -0.153. The summed E-state index contributed by atoms with van der Waals surface area (Å²) < 4.78 is 10.4. The van der Waals surface area contributed by atoms with Gasteiger partial charge in [-0.1, -0.05) is 12.1 Å². The molecule has 6 heteroatoms. The van der Waals surface area contributed by atoms with E-state index in [0.717, 1.165) is 36.4 Å². The Morgan fingerprint density at radius 2 is 2.35 bits per heavy atom. The van der Waals surface area contributed by atoms with E-state index < -0.39 is 11.5 Å². The summed E-state index contributed by atoms with van der Waals surface area (Å²) >= 11 is 0. The number of rotatable bonds is 6. The molecule has 20 heavy (non-hydrogen) atoms. The first-order chi connectivity index (χ1) is 9.55. The van der Waals surface area contributed by atoms with Gasteiger partial charge in [-0.2, -0.15) is 0 Å². The number of hydrogen-bond acceptors (Lipinski definition) is 5. The van der Waals surface area contributed by atoms with Crippen LogP contribution in [0.5, 0.6) is 0 Å². The molecule has 1 N–H and O–H groups in total. The third-order valence-electron chi connectivity index (χ3n) is 4.15. The summed E-state index contributed by atoms with van der Waals surface area (Å²) in [4.78, 5) is 13.7. The largest absolute Gasteiger partial charge is 0.480 e. The fourth-order valence-electron chi connectivity index (χ4n) is 2.98. The molecule has 1 atom stereocenters. The summed E-state index contributed by atoms with van der Waals surface area (Å²) in [5.74, 6) is -0.0468. The minimum atomic E-state index is -0.927. The maximum absolute atomic E-state index is 11.7. The molecule has 1 aliphatic rings. The molecule has 1 saturated heterocycles. The van der Waals surface area contributed by atoms with Crippen LogP contribution >= 0.6 is 0 Å². The molecule has 1 aromatic rings. The van der Waals surface area contributed by atoms with E-state index in [0.29, 0.717) is 13.0 Å². The molecule has 1 aromatic heterocycles. The summed E-state index contributed by atoms with van der Waals surface area (Å²) in [6, 6.07) is 0. The van der Waals surface area contributed by atoms with Gasteiger partial charge in [0.1, 0.15) is 11.3 Å². The number of carbonyl (C=O) groups is 1. The van der Waals surface area contributed by atoms with Crippen molar-refractivity contribution in [2.24, 2.45) is 0 Å². The number of likely N-dealkylation sites (tertiary alicyclic amines) is 1. The normalized spacial score (nSPS) is 23.4. The smallest absolute Gasteiger partial charge is 0.326 e. The maximum atomic E-state index is 11.7. The van der Waals surface area contributed by atoms with Crippen molar-refractivity contribution in [3.05, 3.63) is 17.0 Å². The average Bonchev–Trinajstić information content (AvgIpc) is 2.97. The third-order valence-corrected chi connectivity index (χ3v) is 4.15. The Morgan fingerprint density at radius 1 is 1.60 bits per heavy atom. The van der Waals surface area contributed by atoms with Gasteiger partial charge in [0.05, 0.1) is 12.3 Å². The van der Waals surface area contributed by atoms with Crippen LogP contribution in [-0.2, 0) is 22.5 Å². The summed E-state index contributed by atoms with van der Waals surface area (Å²) in [5, 5.41) is 13.7. The molecule has 1 unspecified atom stereocenters. The van der Waals surface area contributed by atoms with Crippen molar-refractivity contribution in [3.8, 4) is 0 Å². The predicted molar refractivity (Wildman–Crippen MR) is 72.5 cm³/mol. The van der Waals surface area contributed by atoms with Crippen molar-refractivity contribution >= 4 is 5.97 Å². The molecule has 0 spiro atoms. The number of aromatic nitrogens is 1. The van der Waals surface area contributed by atoms with Crippen LogP contribution < -0.4 is 0 Å². The van der Waals surface area contributed by atoms with Gasteiger partial charge in [-0.05, 0) is 32.7 Å². The Balaban J connectivity index is 2.26. The Morgan fingerprint density at radius 3 is 2.95 bits per heavy atom. The number of carboxylic acid groups (broad SMARTS) is 1. The van der Waals surface area contributed by atoms with Crippen LogP contribution in [0, 0.1) is 6.92 Å². The highest BCUT2D eigenvalue weighted by molar-refractivity contribution is 5.79. The van der Waals surface area contributed by atoms with Crippen LogP contribution in [0.4, 0.5) is 0 Å². The first kappa shape index (κ1) is 15.0. The monoisotopic (exact) mass is 282 g/mol. The maximum Gasteiger partial charge on any atom is 0.326 e. The highest BCUT2D eigenvalue weighted by Gasteiger charge is 2.48. The molecule has 0 aromatic carbocycles. The number of carboxylic acids is 1. The SMILES string of the molecule is CCc1noc(C)c1CN1CCCC1(COC)C(=O)O. The van der Waals surface area contributed by atoms with Crippen molar-refractivity contribution in [1.29, 1.82) is 0 Å². The molecule has 0 aliphatic carbocycles. The van der Waals surface area contributed by atoms with Gasteiger partial charge in [-0.25, -0.2) is 0 Å². The van der Waals surface area contributed by atoms with E-state index in [2.05, 4.69) is 5.16 Å². The van der Waals surface area contributed by atoms with Crippen LogP contribution in [0.1, 0.15) is 36.8 Å². The van der Waals surface area contributed by atoms with Crippen LogP contribution in [-0.4, -0.2) is 46.9 Å². The van der Waals surface area contributed by atoms with Crippen molar-refractivity contribution in [2.45, 2.75) is 45.2 Å². The molecule has 0 saturated carbocycles. The van der Waals surface area contributed by atoms with E-state index in [1.807, 2.05) is 18.7 Å². The minimum absolute atomic E-state index is 0.202. The fraction of sp³-hybridized carbons (Fsp3) is 0.714. The number of aliphatic carboxylic acids is 1. The van der Waals surface area contributed by atoms with Gasteiger partial charge in [0, 0.05) is 19.2 Å². The van der Waals surface area contributed by atoms with Crippen LogP contribution in [0.15, 0.2) is 4.52 Å². The van der Waals surface area contributed by atoms with Crippen LogP contribution in [0.2, 0.25) is 0 Å². The second-order valence-corrected chi connectivity index (χ2v) is 5.31. The van der Waals surface area contributed by atoms with Crippen LogP contribution in [0.25, 0.3) is 0 Å². The quantitative estimate of drug-likeness (QED) is 0.854. The Bertz CT molecular complexity index is 486. The molecule has 2 rings (SSSR count). The number of nitrogens with zero attached hydrogens (tertiary/aromatic N) is 2. The third kappa shape index (κ3) is 2.45. The second kappa shape index (κ2) is 5.93. The van der Waals surface area contributed by atoms with E-state index in [1.54, 1.807) is 7.11 Å². The van der Waals surface area contributed by atoms with E-state index >= 15 is 0 Å². The van der Waals surface area contributed by atoms with Crippen molar-refractivity contribution < 1.29 is 19.2 Å². The highest BCUT2D eigenvalue weighted by atomic mass is 16.5. The van der Waals surface area contributed by atoms with Gasteiger partial charge in [0.2, 0.25) is 0 Å². The van der Waals surface area contributed by atoms with Gasteiger partial charge in [-0.3, -0.25) is 9.69 Å². The van der Waals surface area contributed by atoms with Crippen molar-refractivity contribution in [3.63, 3.8) is 0 Å². The lowest BCUT2D eigenvalue weighted by Crippen LogP contribution is -2.53. The molecule has 1 aliphatic heterocycles. The van der Waals surface area contributed by atoms with Crippen molar-refractivity contribution in [2.75, 3.05) is 20.3 Å². The van der Waals surface area contributed by atoms with Gasteiger partial charge < -0.3 is 14.4 Å². The zero-order valence-electron chi connectivity index (χ0n) is 12.3. The molecule has 6 nitrogen and oxygen atoms in total. The van der Waals surface area contributed by atoms with E-state index in [-0.39, 0.29) is 6.61 Å². The fourth-order valence-corrected chi connectivity index (χ4v) is 2.98. The van der Waals surface area contributed by atoms with Gasteiger partial charge in [0.25, 0.3) is 0 Å². The number of ether oxygens (including phenoxy) is 1. The van der Waals surface area contributed by atoms with Crippen molar-refractivity contribution in [1.82, 2.24) is 10.1 Å². The van der Waals surface area contributed by atoms with Gasteiger partial charge >= 0.3 is 5.97 Å². The Kier molecular flexibility index (Phi) is 4.45. The second-order valence-electron chi connectivity index (χ2n) is 5.31. The zero-order chi connectivity index (χ0) is 14.8. The molecular formula is C14H22N2O4. The number of methoxy groups -OCH3 is 1. The van der Waals surface area contributed by atoms with E-state index in [1.165, 1.54) is 0 Å². The number of aryl methyl sites for hydroxylation is 2. The topological polar surface area (TPSA) is 75.8 Å². The summed E-state index contributed by atoms with van der Waals surface area (Å²) in [6.07, 6.45) is 2.26. The molecule has 1 fully saturated rings. The van der Waals surface area contributed by atoms with E-state index in [4.69, 9.17) is 9.26 Å². The Labute approximate surface area is 118 Å². The zero-order valence-corrected chi connectivity index (χ0v) is 12.3. The minimum Gasteiger partial charge on any atom is -0.480 e. The standard InChI is InChI=1S/C14H22N2O4/c1-4-12-11(10(2)20-15-12)8-16-7-5-6-14(16,9-19-3)13(17)18/h4-9H2,1-3H3,(H,17,18). The Hall–Kier alpha value is -1.40. The van der Waals surface area contributed by atoms with E-state index in [9.17, 15) is 9.90 Å². The number of hydrogen-bond donors (Lipinski definition) is 1. The predicted octanol–water partition coefficient (Wildman–Crippen LogP) is 1.61. The summed E-state index contributed by atoms with van der Waals surface area (Å²) in [5.41, 5.74) is 0.992. The lowest BCUT2D eigenvalue weighted by Gasteiger charge is -2.34. The molecule has 0 amide bonds. The molecule has 0 bridgehead atoms. The molecule has 2 heterocycles. The highest BCUT2D eigenvalue weighted by Crippen LogP contribution is 2.33. The first-order valence-corrected chi connectivity index (χ1v) is 6.96. The molecule has 112 valence electrons. The molecule has 0 radical (unpaired) electrons. The van der Waals surface area contributed by atoms with Gasteiger partial charge in [-0.15, -0.1) is 0 Å². The summed E-state index contributed by atoms with van der Waals surface area (Å²) in [7, 11) is 1.54. The van der Waals surface area contributed by atoms with Gasteiger partial charge in [0.15, 0.2) is 0 Å². The molecular weight excluding hydrogens is 260 g/mol. The first-order valence-electron chi connectivity index (χ1n) is 6.96. The van der Waals surface area contributed by atoms with Crippen LogP contribution in [0.3, 0.4) is 0 Å². The summed E-state index contributed by atoms with van der Waals surface area (Å²) in [6.45, 7) is 5.40. The average molecular weight is 282 g/mol.